The van der Waals surface area contributed by atoms with Crippen molar-refractivity contribution in [3.8, 4) is 0 Å². The summed E-state index contributed by atoms with van der Waals surface area (Å²) in [7, 11) is 0. The molecule has 1 N–H and O–H groups in total. The average Bonchev–Trinajstić information content (AvgIpc) is 2.39. The van der Waals surface area contributed by atoms with Gasteiger partial charge in [0.1, 0.15) is 0 Å². The molecule has 0 aliphatic rings. The minimum absolute atomic E-state index is 0.944. The maximum absolute atomic E-state index is 4.34. The molecule has 0 radical (unpaired) electrons. The van der Waals surface area contributed by atoms with Crippen molar-refractivity contribution in [1.29, 1.82) is 0 Å². The summed E-state index contributed by atoms with van der Waals surface area (Å²) < 4.78 is 0. The normalized spacial score (nSPS) is 11.3. The van der Waals surface area contributed by atoms with Crippen LogP contribution in [0.1, 0.15) is 12.5 Å². The van der Waals surface area contributed by atoms with Gasteiger partial charge in [-0.2, -0.15) is 5.10 Å². The summed E-state index contributed by atoms with van der Waals surface area (Å²) in [5.74, 6) is 0. The Morgan fingerprint density at radius 3 is 2.29 bits per heavy atom. The fraction of sp³-hybridized carbons (Fsp3) is 0.0714. The lowest BCUT2D eigenvalue weighted by molar-refractivity contribution is 1.31. The first-order chi connectivity index (χ1) is 8.25. The van der Waals surface area contributed by atoms with Gasteiger partial charge in [-0.05, 0) is 36.8 Å². The van der Waals surface area contributed by atoms with Crippen LogP contribution < -0.4 is 5.43 Å². The van der Waals surface area contributed by atoms with Crippen LogP contribution in [-0.4, -0.2) is 5.71 Å². The van der Waals surface area contributed by atoms with Gasteiger partial charge in [-0.15, -0.1) is 12.6 Å². The molecule has 0 spiro atoms. The lowest BCUT2D eigenvalue weighted by Crippen LogP contribution is -1.99. The molecule has 2 rings (SSSR count). The van der Waals surface area contributed by atoms with Crippen molar-refractivity contribution in [2.24, 2.45) is 5.10 Å². The predicted octanol–water partition coefficient (Wildman–Crippen LogP) is 3.81. The number of benzene rings is 2. The number of anilines is 1. The maximum Gasteiger partial charge on any atom is 0.0648 e. The van der Waals surface area contributed by atoms with Gasteiger partial charge in [-0.1, -0.05) is 30.3 Å². The standard InChI is InChI=1S/C14H14N2S/c1-11(12-5-3-2-4-6-12)15-16-13-7-9-14(17)10-8-13/h2-10,16-17H,1H3. The summed E-state index contributed by atoms with van der Waals surface area (Å²) in [4.78, 5) is 0.944. The zero-order valence-corrected chi connectivity index (χ0v) is 10.5. The molecule has 0 fully saturated rings. The summed E-state index contributed by atoms with van der Waals surface area (Å²) in [6.45, 7) is 1.98. The summed E-state index contributed by atoms with van der Waals surface area (Å²) in [5, 5.41) is 4.34. The van der Waals surface area contributed by atoms with Crippen molar-refractivity contribution < 1.29 is 0 Å². The lowest BCUT2D eigenvalue weighted by atomic mass is 10.1. The monoisotopic (exact) mass is 242 g/mol. The second-order valence-electron chi connectivity index (χ2n) is 3.72. The molecule has 0 bridgehead atoms. The Labute approximate surface area is 107 Å². The van der Waals surface area contributed by atoms with Gasteiger partial charge in [-0.3, -0.25) is 5.43 Å². The van der Waals surface area contributed by atoms with Crippen molar-refractivity contribution >= 4 is 24.0 Å². The molecule has 0 saturated carbocycles. The summed E-state index contributed by atoms with van der Waals surface area (Å²) in [6, 6.07) is 17.8. The molecule has 2 nitrogen and oxygen atoms in total. The first-order valence-electron chi connectivity index (χ1n) is 5.40. The topological polar surface area (TPSA) is 24.4 Å². The van der Waals surface area contributed by atoms with E-state index in [2.05, 4.69) is 23.2 Å². The molecule has 2 aromatic rings. The Morgan fingerprint density at radius 1 is 1.00 bits per heavy atom. The zero-order valence-electron chi connectivity index (χ0n) is 9.59. The van der Waals surface area contributed by atoms with E-state index in [1.807, 2.05) is 61.5 Å². The number of rotatable bonds is 3. The zero-order chi connectivity index (χ0) is 12.1. The van der Waals surface area contributed by atoms with E-state index in [1.165, 1.54) is 0 Å². The predicted molar refractivity (Wildman–Crippen MR) is 76.0 cm³/mol. The molecule has 2 aromatic carbocycles. The van der Waals surface area contributed by atoms with Crippen LogP contribution in [0, 0.1) is 0 Å². The van der Waals surface area contributed by atoms with E-state index in [9.17, 15) is 0 Å². The van der Waals surface area contributed by atoms with Crippen LogP contribution in [0.15, 0.2) is 64.6 Å². The van der Waals surface area contributed by atoms with E-state index in [0.717, 1.165) is 21.9 Å². The van der Waals surface area contributed by atoms with Crippen LogP contribution in [0.25, 0.3) is 0 Å². The quantitative estimate of drug-likeness (QED) is 0.477. The molecular weight excluding hydrogens is 228 g/mol. The fourth-order valence-corrected chi connectivity index (χ4v) is 1.58. The first kappa shape index (κ1) is 11.7. The van der Waals surface area contributed by atoms with E-state index in [1.54, 1.807) is 0 Å². The molecule has 86 valence electrons. The highest BCUT2D eigenvalue weighted by Crippen LogP contribution is 2.12. The Morgan fingerprint density at radius 2 is 1.65 bits per heavy atom. The minimum atomic E-state index is 0.944. The van der Waals surface area contributed by atoms with Crippen LogP contribution in [0.4, 0.5) is 5.69 Å². The van der Waals surface area contributed by atoms with Gasteiger partial charge in [0, 0.05) is 4.90 Å². The maximum atomic E-state index is 4.34. The minimum Gasteiger partial charge on any atom is -0.278 e. The Balaban J connectivity index is 2.08. The highest BCUT2D eigenvalue weighted by Gasteiger charge is 1.95. The summed E-state index contributed by atoms with van der Waals surface area (Å²) in [5.41, 5.74) is 6.06. The number of thiol groups is 1. The van der Waals surface area contributed by atoms with Gasteiger partial charge in [0.2, 0.25) is 0 Å². The molecule has 0 aromatic heterocycles. The summed E-state index contributed by atoms with van der Waals surface area (Å²) in [6.07, 6.45) is 0. The highest BCUT2D eigenvalue weighted by atomic mass is 32.1. The van der Waals surface area contributed by atoms with Crippen molar-refractivity contribution in [2.75, 3.05) is 5.43 Å². The van der Waals surface area contributed by atoms with Gasteiger partial charge in [0.05, 0.1) is 11.4 Å². The van der Waals surface area contributed by atoms with E-state index >= 15 is 0 Å². The van der Waals surface area contributed by atoms with Gasteiger partial charge in [0.15, 0.2) is 0 Å². The van der Waals surface area contributed by atoms with Crippen LogP contribution >= 0.6 is 12.6 Å². The second kappa shape index (κ2) is 5.55. The SMILES string of the molecule is CC(=NNc1ccc(S)cc1)c1ccccc1. The van der Waals surface area contributed by atoms with E-state index < -0.39 is 0 Å². The number of nitrogens with one attached hydrogen (secondary N) is 1. The molecule has 0 atom stereocenters. The van der Waals surface area contributed by atoms with Gasteiger partial charge < -0.3 is 0 Å². The molecule has 0 saturated heterocycles. The molecule has 17 heavy (non-hydrogen) atoms. The second-order valence-corrected chi connectivity index (χ2v) is 4.24. The third-order valence-electron chi connectivity index (χ3n) is 2.41. The highest BCUT2D eigenvalue weighted by molar-refractivity contribution is 7.80. The van der Waals surface area contributed by atoms with E-state index in [4.69, 9.17) is 0 Å². The molecule has 0 aliphatic carbocycles. The Hall–Kier alpha value is -1.74. The molecule has 3 heteroatoms. The molecule has 0 unspecified atom stereocenters. The molecule has 0 heterocycles. The van der Waals surface area contributed by atoms with Crippen molar-refractivity contribution in [1.82, 2.24) is 0 Å². The number of nitrogens with zero attached hydrogens (tertiary/aromatic N) is 1. The fourth-order valence-electron chi connectivity index (χ4n) is 1.43. The van der Waals surface area contributed by atoms with E-state index in [0.29, 0.717) is 0 Å². The van der Waals surface area contributed by atoms with Crippen LogP contribution in [-0.2, 0) is 0 Å². The first-order valence-corrected chi connectivity index (χ1v) is 5.85. The number of hydrazone groups is 1. The van der Waals surface area contributed by atoms with Crippen LogP contribution in [0.2, 0.25) is 0 Å². The Kier molecular flexibility index (Phi) is 3.83. The largest absolute Gasteiger partial charge is 0.278 e. The number of hydrogen-bond donors (Lipinski definition) is 2. The number of hydrogen-bond acceptors (Lipinski definition) is 3. The summed E-state index contributed by atoms with van der Waals surface area (Å²) >= 11 is 4.23. The third-order valence-corrected chi connectivity index (χ3v) is 2.71. The van der Waals surface area contributed by atoms with Crippen LogP contribution in [0.3, 0.4) is 0 Å². The molecule has 0 aliphatic heterocycles. The van der Waals surface area contributed by atoms with Gasteiger partial charge in [-0.25, -0.2) is 0 Å². The Bertz CT molecular complexity index is 504. The average molecular weight is 242 g/mol. The van der Waals surface area contributed by atoms with E-state index in [-0.39, 0.29) is 0 Å². The van der Waals surface area contributed by atoms with Crippen molar-refractivity contribution in [3.63, 3.8) is 0 Å². The molecule has 0 amide bonds. The van der Waals surface area contributed by atoms with Gasteiger partial charge in [0.25, 0.3) is 0 Å². The van der Waals surface area contributed by atoms with Crippen molar-refractivity contribution in [2.45, 2.75) is 11.8 Å². The van der Waals surface area contributed by atoms with Crippen molar-refractivity contribution in [3.05, 3.63) is 60.2 Å². The lowest BCUT2D eigenvalue weighted by Gasteiger charge is -2.03. The smallest absolute Gasteiger partial charge is 0.0648 e. The third kappa shape index (κ3) is 3.36. The van der Waals surface area contributed by atoms with Crippen LogP contribution in [0.5, 0.6) is 0 Å². The van der Waals surface area contributed by atoms with Gasteiger partial charge >= 0.3 is 0 Å². The molecular formula is C14H14N2S.